The predicted octanol–water partition coefficient (Wildman–Crippen LogP) is 19.5. The van der Waals surface area contributed by atoms with E-state index >= 15 is 0 Å². The number of esters is 4. The van der Waals surface area contributed by atoms with Crippen molar-refractivity contribution < 1.29 is 80.2 Å². The lowest BCUT2D eigenvalue weighted by molar-refractivity contribution is -0.161. The van der Waals surface area contributed by atoms with Crippen molar-refractivity contribution in [3.8, 4) is 0 Å². The van der Waals surface area contributed by atoms with Crippen molar-refractivity contribution in [2.75, 3.05) is 39.6 Å². The van der Waals surface area contributed by atoms with Gasteiger partial charge in [0.2, 0.25) is 0 Å². The second kappa shape index (κ2) is 60.0. The third-order valence-electron chi connectivity index (χ3n) is 16.2. The van der Waals surface area contributed by atoms with E-state index in [1.807, 2.05) is 0 Å². The van der Waals surface area contributed by atoms with Crippen LogP contribution in [0.3, 0.4) is 0 Å². The number of hydrogen-bond donors (Lipinski definition) is 3. The fourth-order valence-electron chi connectivity index (χ4n) is 10.3. The third-order valence-corrected chi connectivity index (χ3v) is 18.1. The molecule has 0 amide bonds. The maximum absolute atomic E-state index is 13.0. The largest absolute Gasteiger partial charge is 0.472 e. The standard InChI is InChI=1S/C69H134O17P2/c1-8-10-11-33-43-50-66(71)79-56-64(85-69(74)53-46-39-32-26-25-29-36-42-49-62(7)9-2)58-83-87(75,76)81-54-63(70)55-82-88(77,78)84-59-65(57-80-67(72)51-44-37-30-23-20-16-18-22-28-35-41-48-61(5)6)86-68(73)52-45-38-31-24-19-15-13-12-14-17-21-27-34-40-47-60(3)4/h60-65,70H,8-59H2,1-7H3,(H,75,76)(H,77,78)/t62?,63-,64+,65+/m0/s1. The second-order valence-electron chi connectivity index (χ2n) is 26.1. The molecule has 3 unspecified atom stereocenters. The summed E-state index contributed by atoms with van der Waals surface area (Å²) in [5, 5.41) is 10.6. The molecule has 0 aliphatic rings. The summed E-state index contributed by atoms with van der Waals surface area (Å²) < 4.78 is 68.0. The molecule has 0 radical (unpaired) electrons. The lowest BCUT2D eigenvalue weighted by atomic mass is 9.99. The monoisotopic (exact) mass is 1300 g/mol. The summed E-state index contributed by atoms with van der Waals surface area (Å²) in [4.78, 5) is 72.2. The highest BCUT2D eigenvalue weighted by molar-refractivity contribution is 7.47. The van der Waals surface area contributed by atoms with E-state index in [2.05, 4.69) is 48.5 Å². The molecule has 0 aliphatic carbocycles. The van der Waals surface area contributed by atoms with Crippen LogP contribution in [0.4, 0.5) is 0 Å². The van der Waals surface area contributed by atoms with Crippen LogP contribution in [0.15, 0.2) is 0 Å². The summed E-state index contributed by atoms with van der Waals surface area (Å²) in [6, 6.07) is 0. The van der Waals surface area contributed by atoms with E-state index in [-0.39, 0.29) is 25.7 Å². The molecule has 6 atom stereocenters. The molecule has 0 rings (SSSR count). The minimum atomic E-state index is -4.95. The zero-order valence-electron chi connectivity index (χ0n) is 57.2. The predicted molar refractivity (Wildman–Crippen MR) is 354 cm³/mol. The van der Waals surface area contributed by atoms with E-state index in [1.54, 1.807) is 0 Å². The van der Waals surface area contributed by atoms with Gasteiger partial charge in [0.25, 0.3) is 0 Å². The molecule has 0 bridgehead atoms. The van der Waals surface area contributed by atoms with E-state index in [9.17, 15) is 43.2 Å². The molecular weight excluding hydrogens is 1160 g/mol. The van der Waals surface area contributed by atoms with Gasteiger partial charge in [-0.15, -0.1) is 0 Å². The third kappa shape index (κ3) is 61.6. The number of aliphatic hydroxyl groups is 1. The highest BCUT2D eigenvalue weighted by Gasteiger charge is 2.30. The van der Waals surface area contributed by atoms with Crippen molar-refractivity contribution in [3.05, 3.63) is 0 Å². The number of aliphatic hydroxyl groups excluding tert-OH is 1. The molecule has 19 heteroatoms. The number of carbonyl (C=O) groups excluding carboxylic acids is 4. The molecule has 0 aliphatic heterocycles. The highest BCUT2D eigenvalue weighted by Crippen LogP contribution is 2.45. The second-order valence-corrected chi connectivity index (χ2v) is 29.0. The van der Waals surface area contributed by atoms with Gasteiger partial charge >= 0.3 is 39.5 Å². The van der Waals surface area contributed by atoms with Gasteiger partial charge in [-0.2, -0.15) is 0 Å². The highest BCUT2D eigenvalue weighted by atomic mass is 31.2. The first-order valence-corrected chi connectivity index (χ1v) is 38.9. The summed E-state index contributed by atoms with van der Waals surface area (Å²) in [7, 11) is -9.89. The molecule has 88 heavy (non-hydrogen) atoms. The summed E-state index contributed by atoms with van der Waals surface area (Å²) in [6.07, 6.45) is 43.4. The Bertz CT molecular complexity index is 1730. The van der Waals surface area contributed by atoms with E-state index in [0.717, 1.165) is 114 Å². The molecule has 0 heterocycles. The van der Waals surface area contributed by atoms with Gasteiger partial charge in [-0.3, -0.25) is 37.3 Å². The SMILES string of the molecule is CCCCCCCC(=O)OC[C@H](COP(=O)(O)OC[C@H](O)COP(=O)(O)OC[C@@H](COC(=O)CCCCCCCCCCCCCC(C)C)OC(=O)CCCCCCCCCCCCCCCCC(C)C)OC(=O)CCCCCCCCCCC(C)CC. The molecule has 0 aromatic carbocycles. The van der Waals surface area contributed by atoms with Gasteiger partial charge in [-0.1, -0.05) is 292 Å². The van der Waals surface area contributed by atoms with Gasteiger partial charge in [0.15, 0.2) is 12.2 Å². The van der Waals surface area contributed by atoms with Crippen LogP contribution in [-0.2, 0) is 65.4 Å². The smallest absolute Gasteiger partial charge is 0.462 e. The first-order valence-electron chi connectivity index (χ1n) is 35.9. The summed E-state index contributed by atoms with van der Waals surface area (Å²) in [5.41, 5.74) is 0. The molecule has 17 nitrogen and oxygen atoms in total. The number of phosphoric acid groups is 2. The Morgan fingerprint density at radius 1 is 0.330 bits per heavy atom. The molecule has 0 fully saturated rings. The molecule has 0 aromatic heterocycles. The molecular formula is C69H134O17P2. The van der Waals surface area contributed by atoms with E-state index in [0.29, 0.717) is 25.7 Å². The minimum absolute atomic E-state index is 0.104. The normalized spacial score (nSPS) is 14.5. The van der Waals surface area contributed by atoms with Crippen LogP contribution in [0.5, 0.6) is 0 Å². The molecule has 0 aromatic rings. The summed E-state index contributed by atoms with van der Waals surface area (Å²) in [6.45, 7) is 11.8. The number of rotatable bonds is 67. The lowest BCUT2D eigenvalue weighted by Gasteiger charge is -2.21. The topological polar surface area (TPSA) is 237 Å². The van der Waals surface area contributed by atoms with Crippen LogP contribution in [0, 0.1) is 17.8 Å². The number of hydrogen-bond acceptors (Lipinski definition) is 15. The zero-order chi connectivity index (χ0) is 65.2. The van der Waals surface area contributed by atoms with Gasteiger partial charge in [0, 0.05) is 25.7 Å². The van der Waals surface area contributed by atoms with Gasteiger partial charge in [-0.25, -0.2) is 9.13 Å². The number of carbonyl (C=O) groups is 4. The van der Waals surface area contributed by atoms with Gasteiger partial charge in [0.05, 0.1) is 26.4 Å². The van der Waals surface area contributed by atoms with Crippen molar-refractivity contribution in [2.45, 2.75) is 362 Å². The maximum Gasteiger partial charge on any atom is 0.472 e. The first-order chi connectivity index (χ1) is 42.3. The van der Waals surface area contributed by atoms with Crippen LogP contribution in [0.1, 0.15) is 344 Å². The fourth-order valence-corrected chi connectivity index (χ4v) is 11.9. The average molecular weight is 1300 g/mol. The molecule has 0 saturated carbocycles. The van der Waals surface area contributed by atoms with Crippen LogP contribution in [0.2, 0.25) is 0 Å². The Hall–Kier alpha value is -1.94. The summed E-state index contributed by atoms with van der Waals surface area (Å²) >= 11 is 0. The van der Waals surface area contributed by atoms with Crippen LogP contribution >= 0.6 is 15.6 Å². The molecule has 3 N–H and O–H groups in total. The van der Waals surface area contributed by atoms with Gasteiger partial charge in [0.1, 0.15) is 19.3 Å². The quantitative estimate of drug-likeness (QED) is 0.0222. The Morgan fingerprint density at radius 2 is 0.580 bits per heavy atom. The molecule has 0 saturated heterocycles. The number of unbranched alkanes of at least 4 members (excludes halogenated alkanes) is 34. The number of ether oxygens (including phenoxy) is 4. The molecule has 522 valence electrons. The lowest BCUT2D eigenvalue weighted by Crippen LogP contribution is -2.30. The van der Waals surface area contributed by atoms with E-state index in [4.69, 9.17) is 37.0 Å². The van der Waals surface area contributed by atoms with Crippen molar-refractivity contribution in [2.24, 2.45) is 17.8 Å². The van der Waals surface area contributed by atoms with Crippen LogP contribution < -0.4 is 0 Å². The van der Waals surface area contributed by atoms with Crippen molar-refractivity contribution >= 4 is 39.5 Å². The Balaban J connectivity index is 5.17. The number of phosphoric ester groups is 2. The van der Waals surface area contributed by atoms with E-state index in [1.165, 1.54) is 148 Å². The Labute approximate surface area is 537 Å². The van der Waals surface area contributed by atoms with Crippen molar-refractivity contribution in [1.82, 2.24) is 0 Å². The minimum Gasteiger partial charge on any atom is -0.462 e. The fraction of sp³-hybridized carbons (Fsp3) is 0.942. The van der Waals surface area contributed by atoms with E-state index < -0.39 is 97.5 Å². The van der Waals surface area contributed by atoms with Gasteiger partial charge in [-0.05, 0) is 43.4 Å². The Morgan fingerprint density at radius 3 is 0.864 bits per heavy atom. The van der Waals surface area contributed by atoms with Gasteiger partial charge < -0.3 is 33.8 Å². The summed E-state index contributed by atoms with van der Waals surface area (Å²) in [5.74, 6) is 0.197. The van der Waals surface area contributed by atoms with Crippen LogP contribution in [0.25, 0.3) is 0 Å². The first kappa shape index (κ1) is 86.1. The van der Waals surface area contributed by atoms with Crippen molar-refractivity contribution in [3.63, 3.8) is 0 Å². The van der Waals surface area contributed by atoms with Crippen molar-refractivity contribution in [1.29, 1.82) is 0 Å². The Kier molecular flexibility index (Phi) is 58.7. The maximum atomic E-state index is 13.0. The molecule has 0 spiro atoms. The zero-order valence-corrected chi connectivity index (χ0v) is 59.0. The van der Waals surface area contributed by atoms with Crippen LogP contribution in [-0.4, -0.2) is 96.7 Å². The average Bonchev–Trinajstić information content (AvgIpc) is 3.70.